The van der Waals surface area contributed by atoms with Crippen LogP contribution in [0.5, 0.6) is 0 Å². The number of nitrogens with zero attached hydrogens (tertiary/aromatic N) is 3. The van der Waals surface area contributed by atoms with Crippen molar-refractivity contribution in [2.45, 2.75) is 31.6 Å². The maximum Gasteiger partial charge on any atom is 0.269 e. The topological polar surface area (TPSA) is 83.8 Å². The predicted octanol–water partition coefficient (Wildman–Crippen LogP) is 3.16. The van der Waals surface area contributed by atoms with Crippen molar-refractivity contribution in [2.24, 2.45) is 5.92 Å². The second kappa shape index (κ2) is 8.34. The Kier molecular flexibility index (Phi) is 6.07. The molecular weight excluding hydrogens is 378 g/mol. The van der Waals surface area contributed by atoms with Crippen molar-refractivity contribution in [1.82, 2.24) is 9.80 Å². The average molecular weight is 404 g/mol. The van der Waals surface area contributed by atoms with Crippen LogP contribution in [0.25, 0.3) is 6.08 Å². The van der Waals surface area contributed by atoms with Crippen molar-refractivity contribution in [3.63, 3.8) is 0 Å². The number of rotatable bonds is 4. The minimum atomic E-state index is -0.448. The van der Waals surface area contributed by atoms with Gasteiger partial charge in [0.1, 0.15) is 0 Å². The fourth-order valence-corrected chi connectivity index (χ4v) is 5.16. The van der Waals surface area contributed by atoms with Crippen molar-refractivity contribution >= 4 is 35.3 Å². The molecule has 1 aromatic carbocycles. The summed E-state index contributed by atoms with van der Waals surface area (Å²) in [5.41, 5.74) is 0.770. The molecule has 0 radical (unpaired) electrons. The van der Waals surface area contributed by atoms with E-state index < -0.39 is 4.92 Å². The van der Waals surface area contributed by atoms with Gasteiger partial charge in [0, 0.05) is 49.5 Å². The van der Waals surface area contributed by atoms with Crippen LogP contribution in [0.3, 0.4) is 0 Å². The van der Waals surface area contributed by atoms with Crippen molar-refractivity contribution in [3.8, 4) is 0 Å². The first-order chi connectivity index (χ1) is 13.3. The van der Waals surface area contributed by atoms with E-state index in [2.05, 4.69) is 0 Å². The molecule has 2 fully saturated rings. The summed E-state index contributed by atoms with van der Waals surface area (Å²) >= 11 is 1.84. The first kappa shape index (κ1) is 20.4. The Morgan fingerprint density at radius 1 is 1.18 bits per heavy atom. The van der Waals surface area contributed by atoms with Crippen LogP contribution in [0.15, 0.2) is 30.3 Å². The third-order valence-electron chi connectivity index (χ3n) is 5.32. The number of thioether (sulfide) groups is 1. The van der Waals surface area contributed by atoms with Gasteiger partial charge >= 0.3 is 0 Å². The highest BCUT2D eigenvalue weighted by Crippen LogP contribution is 2.44. The highest BCUT2D eigenvalue weighted by Gasteiger charge is 2.46. The molecule has 2 aliphatic rings. The first-order valence-corrected chi connectivity index (χ1v) is 10.5. The molecule has 2 amide bonds. The number of benzene rings is 1. The van der Waals surface area contributed by atoms with Gasteiger partial charge in [-0.05, 0) is 36.6 Å². The molecular formula is C20H25N3O4S. The van der Waals surface area contributed by atoms with Gasteiger partial charge < -0.3 is 9.80 Å². The monoisotopic (exact) mass is 403 g/mol. The van der Waals surface area contributed by atoms with E-state index >= 15 is 0 Å². The van der Waals surface area contributed by atoms with Crippen molar-refractivity contribution in [2.75, 3.05) is 25.4 Å². The molecule has 28 heavy (non-hydrogen) atoms. The van der Waals surface area contributed by atoms with Crippen LogP contribution in [0.2, 0.25) is 0 Å². The van der Waals surface area contributed by atoms with Crippen LogP contribution in [0.4, 0.5) is 5.69 Å². The van der Waals surface area contributed by atoms with Crippen LogP contribution < -0.4 is 0 Å². The van der Waals surface area contributed by atoms with Gasteiger partial charge in [-0.3, -0.25) is 19.7 Å². The normalized spacial score (nSPS) is 19.0. The molecule has 2 aliphatic heterocycles. The standard InChI is InChI=1S/C20H25N3O4S/c1-15(2)19(25)22-13-14-28-20(22)9-11-21(12-10-20)18(24)8-5-16-3-6-17(7-4-16)23(26)27/h3-8,15H,9-14H2,1-2H3/b8-5+. The fraction of sp³-hybridized carbons (Fsp3) is 0.500. The smallest absolute Gasteiger partial charge is 0.269 e. The van der Waals surface area contributed by atoms with Crippen molar-refractivity contribution in [1.29, 1.82) is 0 Å². The molecule has 150 valence electrons. The molecule has 0 aromatic heterocycles. The Morgan fingerprint density at radius 2 is 1.82 bits per heavy atom. The zero-order chi connectivity index (χ0) is 20.3. The molecule has 0 unspecified atom stereocenters. The molecule has 0 atom stereocenters. The number of piperidine rings is 1. The Morgan fingerprint density at radius 3 is 2.39 bits per heavy atom. The van der Waals surface area contributed by atoms with E-state index in [-0.39, 0.29) is 28.3 Å². The Bertz CT molecular complexity index is 783. The quantitative estimate of drug-likeness (QED) is 0.438. The number of hydrogen-bond acceptors (Lipinski definition) is 5. The lowest BCUT2D eigenvalue weighted by Crippen LogP contribution is -2.54. The molecule has 8 heteroatoms. The number of carbonyl (C=O) groups is 2. The SMILES string of the molecule is CC(C)C(=O)N1CCSC12CCN(C(=O)/C=C/c1ccc([N+](=O)[O-])cc1)CC2. The molecule has 2 saturated heterocycles. The third-order valence-corrected chi connectivity index (χ3v) is 6.87. The number of non-ortho nitro benzene ring substituents is 1. The van der Waals surface area contributed by atoms with Crippen LogP contribution in [-0.4, -0.2) is 56.8 Å². The van der Waals surface area contributed by atoms with Crippen molar-refractivity contribution < 1.29 is 14.5 Å². The lowest BCUT2D eigenvalue weighted by atomic mass is 10.00. The molecule has 0 N–H and O–H groups in total. The predicted molar refractivity (Wildman–Crippen MR) is 110 cm³/mol. The summed E-state index contributed by atoms with van der Waals surface area (Å²) in [6.45, 7) is 5.90. The van der Waals surface area contributed by atoms with E-state index in [1.165, 1.54) is 18.2 Å². The number of nitro benzene ring substituents is 1. The van der Waals surface area contributed by atoms with Gasteiger partial charge in [0.25, 0.3) is 5.69 Å². The minimum absolute atomic E-state index is 0.0140. The summed E-state index contributed by atoms with van der Waals surface area (Å²) in [5.74, 6) is 1.06. The van der Waals surface area contributed by atoms with E-state index in [0.717, 1.165) is 30.7 Å². The van der Waals surface area contributed by atoms with E-state index in [9.17, 15) is 19.7 Å². The molecule has 2 heterocycles. The van der Waals surface area contributed by atoms with Crippen LogP contribution in [-0.2, 0) is 9.59 Å². The molecule has 3 rings (SSSR count). The van der Waals surface area contributed by atoms with Gasteiger partial charge in [0.05, 0.1) is 9.79 Å². The Hall–Kier alpha value is -2.35. The maximum absolute atomic E-state index is 12.5. The van der Waals surface area contributed by atoms with E-state index in [4.69, 9.17) is 0 Å². The van der Waals surface area contributed by atoms with E-state index in [1.807, 2.05) is 35.4 Å². The number of likely N-dealkylation sites (tertiary alicyclic amines) is 1. The molecule has 1 aromatic rings. The van der Waals surface area contributed by atoms with Crippen LogP contribution >= 0.6 is 11.8 Å². The molecule has 1 spiro atoms. The number of nitro groups is 1. The largest absolute Gasteiger partial charge is 0.339 e. The summed E-state index contributed by atoms with van der Waals surface area (Å²) in [7, 11) is 0. The van der Waals surface area contributed by atoms with Gasteiger partial charge in [0.15, 0.2) is 0 Å². The zero-order valence-corrected chi connectivity index (χ0v) is 17.0. The van der Waals surface area contributed by atoms with E-state index in [0.29, 0.717) is 13.1 Å². The fourth-order valence-electron chi connectivity index (χ4n) is 3.70. The van der Waals surface area contributed by atoms with Gasteiger partial charge in [-0.25, -0.2) is 0 Å². The van der Waals surface area contributed by atoms with Crippen molar-refractivity contribution in [3.05, 3.63) is 46.0 Å². The summed E-state index contributed by atoms with van der Waals surface area (Å²) < 4.78 is 0. The zero-order valence-electron chi connectivity index (χ0n) is 16.2. The minimum Gasteiger partial charge on any atom is -0.339 e. The third kappa shape index (κ3) is 4.22. The highest BCUT2D eigenvalue weighted by molar-refractivity contribution is 8.00. The second-order valence-electron chi connectivity index (χ2n) is 7.45. The number of carbonyl (C=O) groups excluding carboxylic acids is 2. The maximum atomic E-state index is 12.5. The van der Waals surface area contributed by atoms with Gasteiger partial charge in [-0.1, -0.05) is 13.8 Å². The summed E-state index contributed by atoms with van der Waals surface area (Å²) in [6, 6.07) is 6.09. The molecule has 0 bridgehead atoms. The van der Waals surface area contributed by atoms with E-state index in [1.54, 1.807) is 18.2 Å². The first-order valence-electron chi connectivity index (χ1n) is 9.49. The average Bonchev–Trinajstić information content (AvgIpc) is 3.09. The highest BCUT2D eigenvalue weighted by atomic mass is 32.2. The molecule has 0 aliphatic carbocycles. The Balaban J connectivity index is 1.59. The summed E-state index contributed by atoms with van der Waals surface area (Å²) in [5, 5.41) is 10.7. The molecule has 7 nitrogen and oxygen atoms in total. The summed E-state index contributed by atoms with van der Waals surface area (Å²) in [6.07, 6.45) is 4.76. The Labute approximate surface area is 168 Å². The molecule has 0 saturated carbocycles. The van der Waals surface area contributed by atoms with Crippen LogP contribution in [0, 0.1) is 16.0 Å². The lowest BCUT2D eigenvalue weighted by Gasteiger charge is -2.44. The number of amides is 2. The number of hydrogen-bond donors (Lipinski definition) is 0. The lowest BCUT2D eigenvalue weighted by molar-refractivity contribution is -0.384. The van der Waals surface area contributed by atoms with Gasteiger partial charge in [-0.2, -0.15) is 0 Å². The summed E-state index contributed by atoms with van der Waals surface area (Å²) in [4.78, 5) is 39.0. The van der Waals surface area contributed by atoms with Gasteiger partial charge in [-0.15, -0.1) is 11.8 Å². The van der Waals surface area contributed by atoms with Gasteiger partial charge in [0.2, 0.25) is 11.8 Å². The van der Waals surface area contributed by atoms with Crippen LogP contribution in [0.1, 0.15) is 32.3 Å². The second-order valence-corrected chi connectivity index (χ2v) is 8.90.